The molecule has 1 aromatic heterocycles. The maximum atomic E-state index is 12.6. The maximum absolute atomic E-state index is 12.6. The Balaban J connectivity index is 1.80. The molecular formula is C13H13ClF2N4. The van der Waals surface area contributed by atoms with Crippen LogP contribution < -0.4 is 4.90 Å². The molecule has 2 heterocycles. The highest BCUT2D eigenvalue weighted by atomic mass is 35.5. The van der Waals surface area contributed by atoms with Gasteiger partial charge in [-0.3, -0.25) is 0 Å². The molecule has 0 amide bonds. The van der Waals surface area contributed by atoms with Crippen molar-refractivity contribution >= 4 is 17.4 Å². The fourth-order valence-corrected chi connectivity index (χ4v) is 3.07. The van der Waals surface area contributed by atoms with Crippen LogP contribution >= 0.6 is 11.6 Å². The van der Waals surface area contributed by atoms with Crippen molar-refractivity contribution in [2.75, 3.05) is 18.0 Å². The average molecular weight is 299 g/mol. The van der Waals surface area contributed by atoms with Crippen LogP contribution in [0.2, 0.25) is 5.15 Å². The Morgan fingerprint density at radius 3 is 2.75 bits per heavy atom. The average Bonchev–Trinajstić information content (AvgIpc) is 3.19. The number of nitriles is 1. The van der Waals surface area contributed by atoms with Gasteiger partial charge in [-0.1, -0.05) is 11.6 Å². The van der Waals surface area contributed by atoms with E-state index in [1.807, 2.05) is 4.90 Å². The molecule has 0 radical (unpaired) electrons. The number of alkyl halides is 2. The molecule has 0 bridgehead atoms. The normalized spacial score (nSPS) is 23.9. The number of hydrogen-bond acceptors (Lipinski definition) is 4. The van der Waals surface area contributed by atoms with E-state index >= 15 is 0 Å². The summed E-state index contributed by atoms with van der Waals surface area (Å²) in [6.45, 7) is 1.33. The molecule has 1 saturated carbocycles. The van der Waals surface area contributed by atoms with Crippen molar-refractivity contribution in [1.82, 2.24) is 9.97 Å². The second-order valence-electron chi connectivity index (χ2n) is 5.45. The predicted octanol–water partition coefficient (Wildman–Crippen LogP) is 3.20. The topological polar surface area (TPSA) is 52.8 Å². The summed E-state index contributed by atoms with van der Waals surface area (Å²) in [5.41, 5.74) is -0.311. The van der Waals surface area contributed by atoms with E-state index in [0.717, 1.165) is 25.8 Å². The van der Waals surface area contributed by atoms with Gasteiger partial charge in [0.1, 0.15) is 11.5 Å². The van der Waals surface area contributed by atoms with E-state index in [0.29, 0.717) is 12.4 Å². The first-order chi connectivity index (χ1) is 9.55. The van der Waals surface area contributed by atoms with Crippen molar-refractivity contribution in [3.8, 4) is 6.07 Å². The van der Waals surface area contributed by atoms with E-state index in [-0.39, 0.29) is 16.5 Å². The number of nitrogens with zero attached hydrogens (tertiary/aromatic N) is 4. The SMILES string of the molecule is N#CC1CN(c2cnc(C(F)F)c(Cl)n2)CCC12CC2. The molecule has 0 aromatic carbocycles. The molecule has 3 rings (SSSR count). The van der Waals surface area contributed by atoms with Crippen molar-refractivity contribution in [2.24, 2.45) is 11.3 Å². The molecule has 0 N–H and O–H groups in total. The molecule has 1 spiro atoms. The third-order valence-corrected chi connectivity index (χ3v) is 4.62. The summed E-state index contributed by atoms with van der Waals surface area (Å²) < 4.78 is 25.2. The van der Waals surface area contributed by atoms with E-state index in [1.54, 1.807) is 0 Å². The van der Waals surface area contributed by atoms with Crippen LogP contribution in [0.4, 0.5) is 14.6 Å². The smallest absolute Gasteiger partial charge is 0.283 e. The molecule has 20 heavy (non-hydrogen) atoms. The second kappa shape index (κ2) is 4.81. The van der Waals surface area contributed by atoms with Crippen LogP contribution in [-0.2, 0) is 0 Å². The van der Waals surface area contributed by atoms with Gasteiger partial charge in [-0.2, -0.15) is 5.26 Å². The summed E-state index contributed by atoms with van der Waals surface area (Å²) in [6, 6.07) is 2.36. The Bertz CT molecular complexity index is 568. The Morgan fingerprint density at radius 2 is 2.20 bits per heavy atom. The number of aromatic nitrogens is 2. The van der Waals surface area contributed by atoms with Crippen LogP contribution in [0.5, 0.6) is 0 Å². The lowest BCUT2D eigenvalue weighted by atomic mass is 9.83. The monoisotopic (exact) mass is 298 g/mol. The zero-order valence-electron chi connectivity index (χ0n) is 10.7. The number of piperidine rings is 1. The van der Waals surface area contributed by atoms with E-state index in [2.05, 4.69) is 16.0 Å². The summed E-state index contributed by atoms with van der Waals surface area (Å²) in [6.07, 6.45) is 1.73. The van der Waals surface area contributed by atoms with Gasteiger partial charge in [0.05, 0.1) is 18.2 Å². The maximum Gasteiger partial charge on any atom is 0.283 e. The van der Waals surface area contributed by atoms with E-state index < -0.39 is 12.1 Å². The number of halogens is 3. The standard InChI is InChI=1S/C13H13ClF2N4/c14-11-10(12(15)16)18-6-9(19-11)20-4-3-13(1-2-13)8(5-17)7-20/h6,8,12H,1-4,7H2. The lowest BCUT2D eigenvalue weighted by Gasteiger charge is -2.36. The van der Waals surface area contributed by atoms with Crippen LogP contribution in [0.15, 0.2) is 6.20 Å². The van der Waals surface area contributed by atoms with Gasteiger partial charge < -0.3 is 4.90 Å². The largest absolute Gasteiger partial charge is 0.354 e. The highest BCUT2D eigenvalue weighted by molar-refractivity contribution is 6.30. The van der Waals surface area contributed by atoms with Gasteiger partial charge in [0.25, 0.3) is 6.43 Å². The van der Waals surface area contributed by atoms with Crippen LogP contribution in [0.3, 0.4) is 0 Å². The highest BCUT2D eigenvalue weighted by Crippen LogP contribution is 2.56. The van der Waals surface area contributed by atoms with Crippen molar-refractivity contribution in [2.45, 2.75) is 25.7 Å². The van der Waals surface area contributed by atoms with Gasteiger partial charge in [0, 0.05) is 13.1 Å². The second-order valence-corrected chi connectivity index (χ2v) is 5.80. The van der Waals surface area contributed by atoms with E-state index in [4.69, 9.17) is 11.6 Å². The number of hydrogen-bond donors (Lipinski definition) is 0. The Kier molecular flexibility index (Phi) is 3.25. The molecular weight excluding hydrogens is 286 g/mol. The number of anilines is 1. The first kappa shape index (κ1) is 13.5. The third kappa shape index (κ3) is 2.20. The molecule has 1 aliphatic carbocycles. The summed E-state index contributed by atoms with van der Waals surface area (Å²) in [5.74, 6) is 0.432. The van der Waals surface area contributed by atoms with Gasteiger partial charge >= 0.3 is 0 Å². The first-order valence-electron chi connectivity index (χ1n) is 6.51. The Hall–Kier alpha value is -1.48. The molecule has 1 atom stereocenters. The van der Waals surface area contributed by atoms with Crippen molar-refractivity contribution in [3.05, 3.63) is 17.0 Å². The molecule has 2 aliphatic rings. The minimum absolute atomic E-state index is 0.0356. The third-order valence-electron chi connectivity index (χ3n) is 4.34. The quantitative estimate of drug-likeness (QED) is 0.841. The zero-order chi connectivity index (χ0) is 14.3. The van der Waals surface area contributed by atoms with Gasteiger partial charge in [-0.15, -0.1) is 0 Å². The van der Waals surface area contributed by atoms with Gasteiger partial charge in [0.2, 0.25) is 0 Å². The predicted molar refractivity (Wildman–Crippen MR) is 69.6 cm³/mol. The van der Waals surface area contributed by atoms with E-state index in [9.17, 15) is 14.0 Å². The number of rotatable bonds is 2. The summed E-state index contributed by atoms with van der Waals surface area (Å²) >= 11 is 5.74. The summed E-state index contributed by atoms with van der Waals surface area (Å²) in [4.78, 5) is 9.59. The fourth-order valence-electron chi connectivity index (χ4n) is 2.85. The molecule has 1 saturated heterocycles. The minimum atomic E-state index is -2.73. The van der Waals surface area contributed by atoms with E-state index in [1.165, 1.54) is 6.20 Å². The van der Waals surface area contributed by atoms with Crippen molar-refractivity contribution in [1.29, 1.82) is 5.26 Å². The zero-order valence-corrected chi connectivity index (χ0v) is 11.4. The van der Waals surface area contributed by atoms with Gasteiger partial charge in [0.15, 0.2) is 5.15 Å². The van der Waals surface area contributed by atoms with Gasteiger partial charge in [-0.25, -0.2) is 18.7 Å². The molecule has 106 valence electrons. The minimum Gasteiger partial charge on any atom is -0.354 e. The lowest BCUT2D eigenvalue weighted by Crippen LogP contribution is -2.41. The van der Waals surface area contributed by atoms with Crippen LogP contribution in [0, 0.1) is 22.7 Å². The molecule has 1 unspecified atom stereocenters. The molecule has 1 aromatic rings. The van der Waals surface area contributed by atoms with Crippen LogP contribution in [-0.4, -0.2) is 23.1 Å². The molecule has 2 fully saturated rings. The van der Waals surface area contributed by atoms with Crippen LogP contribution in [0.1, 0.15) is 31.4 Å². The molecule has 1 aliphatic heterocycles. The first-order valence-corrected chi connectivity index (χ1v) is 6.89. The fraction of sp³-hybridized carbons (Fsp3) is 0.615. The van der Waals surface area contributed by atoms with Gasteiger partial charge in [-0.05, 0) is 24.7 Å². The summed E-state index contributed by atoms with van der Waals surface area (Å²) in [7, 11) is 0. The Labute approximate surface area is 120 Å². The van der Waals surface area contributed by atoms with Crippen molar-refractivity contribution in [3.63, 3.8) is 0 Å². The molecule has 7 heteroatoms. The van der Waals surface area contributed by atoms with Crippen molar-refractivity contribution < 1.29 is 8.78 Å². The molecule has 4 nitrogen and oxygen atoms in total. The summed E-state index contributed by atoms with van der Waals surface area (Å²) in [5, 5.41) is 9.00. The van der Waals surface area contributed by atoms with Crippen LogP contribution in [0.25, 0.3) is 0 Å². The lowest BCUT2D eigenvalue weighted by molar-refractivity contribution is 0.145. The highest BCUT2D eigenvalue weighted by Gasteiger charge is 2.52. The Morgan fingerprint density at radius 1 is 1.45 bits per heavy atom.